The van der Waals surface area contributed by atoms with E-state index in [4.69, 9.17) is 24.1 Å². The Kier molecular flexibility index (Phi) is 9.96. The fourth-order valence-corrected chi connectivity index (χ4v) is 7.66. The minimum atomic E-state index is -0.248. The first kappa shape index (κ1) is 28.6. The van der Waals surface area contributed by atoms with Crippen molar-refractivity contribution in [3.63, 3.8) is 0 Å². The Balaban J connectivity index is 1.11. The molecule has 0 radical (unpaired) electrons. The van der Waals surface area contributed by atoms with E-state index in [2.05, 4.69) is 49.4 Å². The fraction of sp³-hybridized carbons (Fsp3) is 0.636. The summed E-state index contributed by atoms with van der Waals surface area (Å²) in [6.07, 6.45) is 6.32. The molecule has 0 heterocycles. The Hall–Kier alpha value is -1.96. The van der Waals surface area contributed by atoms with Gasteiger partial charge < -0.3 is 29.2 Å². The van der Waals surface area contributed by atoms with Crippen molar-refractivity contribution >= 4 is 0 Å². The number of fused-ring (bicyclic) bond motifs is 5. The lowest BCUT2D eigenvalue weighted by atomic mass is 9.55. The van der Waals surface area contributed by atoms with Gasteiger partial charge in [0.1, 0.15) is 12.4 Å². The van der Waals surface area contributed by atoms with Gasteiger partial charge in [-0.2, -0.15) is 0 Å². The molecule has 2 fully saturated rings. The Bertz CT molecular complexity index is 1030. The van der Waals surface area contributed by atoms with E-state index in [1.54, 1.807) is 0 Å². The second-order valence-corrected chi connectivity index (χ2v) is 11.9. The molecule has 0 saturated heterocycles. The Labute approximate surface area is 233 Å². The van der Waals surface area contributed by atoms with Crippen LogP contribution in [0.2, 0.25) is 0 Å². The zero-order chi connectivity index (χ0) is 27.1. The summed E-state index contributed by atoms with van der Waals surface area (Å²) in [6, 6.07) is 17.1. The standard InChI is InChI=1S/C33H46O6/c1-33-13-11-29-28-10-8-27(39-23-24-5-3-2-4-6-24)21-25(28)7-9-30(29)31(33)22-26(32(33)35)12-15-36-17-19-38-20-18-37-16-14-34/h2-6,8,10,21,26,29-32,34-35H,7,9,11-20,22-23H2,1H3/t26?,29-,30-,31+,32?,33+/m1/s1. The number of benzene rings is 2. The summed E-state index contributed by atoms with van der Waals surface area (Å²) >= 11 is 0. The number of rotatable bonds is 14. The molecule has 214 valence electrons. The van der Waals surface area contributed by atoms with Crippen molar-refractivity contribution in [3.8, 4) is 5.75 Å². The number of aryl methyl sites for hydroxylation is 1. The van der Waals surface area contributed by atoms with Gasteiger partial charge in [0.15, 0.2) is 0 Å². The third kappa shape index (κ3) is 6.68. The normalized spacial score (nSPS) is 29.5. The Morgan fingerprint density at radius 3 is 2.41 bits per heavy atom. The van der Waals surface area contributed by atoms with Gasteiger partial charge in [0.2, 0.25) is 0 Å². The van der Waals surface area contributed by atoms with E-state index in [0.717, 1.165) is 37.9 Å². The predicted octanol–water partition coefficient (Wildman–Crippen LogP) is 5.14. The van der Waals surface area contributed by atoms with Crippen LogP contribution < -0.4 is 4.74 Å². The van der Waals surface area contributed by atoms with Crippen LogP contribution in [0.1, 0.15) is 61.6 Å². The van der Waals surface area contributed by atoms with Gasteiger partial charge >= 0.3 is 0 Å². The summed E-state index contributed by atoms with van der Waals surface area (Å²) in [6.45, 7) is 6.10. The zero-order valence-electron chi connectivity index (χ0n) is 23.4. The van der Waals surface area contributed by atoms with Crippen molar-refractivity contribution in [3.05, 3.63) is 65.2 Å². The first-order valence-electron chi connectivity index (χ1n) is 14.9. The van der Waals surface area contributed by atoms with Crippen molar-refractivity contribution in [2.24, 2.45) is 23.2 Å². The smallest absolute Gasteiger partial charge is 0.120 e. The van der Waals surface area contributed by atoms with Gasteiger partial charge in [0.05, 0.1) is 45.7 Å². The number of ether oxygens (including phenoxy) is 4. The molecule has 2 aromatic rings. The monoisotopic (exact) mass is 538 g/mol. The molecular formula is C33H46O6. The molecule has 2 unspecified atom stereocenters. The Morgan fingerprint density at radius 2 is 1.64 bits per heavy atom. The quantitative estimate of drug-likeness (QED) is 0.324. The summed E-state index contributed by atoms with van der Waals surface area (Å²) in [5, 5.41) is 20.1. The molecule has 39 heavy (non-hydrogen) atoms. The lowest BCUT2D eigenvalue weighted by Crippen LogP contribution is -2.44. The van der Waals surface area contributed by atoms with Crippen LogP contribution in [0, 0.1) is 23.2 Å². The highest BCUT2D eigenvalue weighted by atomic mass is 16.5. The minimum Gasteiger partial charge on any atom is -0.489 e. The van der Waals surface area contributed by atoms with E-state index in [1.807, 2.05) is 6.07 Å². The van der Waals surface area contributed by atoms with Gasteiger partial charge in [-0.25, -0.2) is 0 Å². The highest BCUT2D eigenvalue weighted by Crippen LogP contribution is 2.62. The van der Waals surface area contributed by atoms with E-state index in [9.17, 15) is 5.11 Å². The van der Waals surface area contributed by atoms with Gasteiger partial charge in [-0.1, -0.05) is 43.3 Å². The fourth-order valence-electron chi connectivity index (χ4n) is 7.66. The average Bonchev–Trinajstić information content (AvgIpc) is 3.23. The molecule has 0 aliphatic heterocycles. The van der Waals surface area contributed by atoms with Crippen LogP contribution in [-0.4, -0.2) is 62.6 Å². The van der Waals surface area contributed by atoms with E-state index < -0.39 is 0 Å². The lowest BCUT2D eigenvalue weighted by molar-refractivity contribution is -0.0373. The topological polar surface area (TPSA) is 77.4 Å². The van der Waals surface area contributed by atoms with Crippen LogP contribution in [-0.2, 0) is 27.2 Å². The third-order valence-corrected chi connectivity index (χ3v) is 9.68. The highest BCUT2D eigenvalue weighted by Gasteiger charge is 2.57. The summed E-state index contributed by atoms with van der Waals surface area (Å²) in [7, 11) is 0. The maximum absolute atomic E-state index is 11.4. The van der Waals surface area contributed by atoms with Crippen LogP contribution in [0.4, 0.5) is 0 Å². The van der Waals surface area contributed by atoms with Crippen molar-refractivity contribution < 1.29 is 29.2 Å². The molecule has 2 saturated carbocycles. The van der Waals surface area contributed by atoms with E-state index in [1.165, 1.54) is 23.1 Å². The zero-order valence-corrected chi connectivity index (χ0v) is 23.4. The molecule has 3 aliphatic rings. The summed E-state index contributed by atoms with van der Waals surface area (Å²) in [5.41, 5.74) is 4.18. The number of aliphatic hydroxyl groups is 2. The van der Waals surface area contributed by atoms with Crippen molar-refractivity contribution in [1.82, 2.24) is 0 Å². The molecule has 0 bridgehead atoms. The van der Waals surface area contributed by atoms with Crippen molar-refractivity contribution in [2.75, 3.05) is 46.2 Å². The predicted molar refractivity (Wildman–Crippen MR) is 151 cm³/mol. The molecule has 2 aromatic carbocycles. The van der Waals surface area contributed by atoms with E-state index >= 15 is 0 Å². The first-order chi connectivity index (χ1) is 19.1. The second kappa shape index (κ2) is 13.6. The molecule has 6 atom stereocenters. The lowest BCUT2D eigenvalue weighted by Gasteiger charge is -2.50. The molecule has 0 aromatic heterocycles. The molecule has 0 spiro atoms. The first-order valence-corrected chi connectivity index (χ1v) is 14.9. The molecule has 6 heteroatoms. The summed E-state index contributed by atoms with van der Waals surface area (Å²) < 4.78 is 22.7. The van der Waals surface area contributed by atoms with Gasteiger partial charge in [-0.3, -0.25) is 0 Å². The molecule has 0 amide bonds. The Morgan fingerprint density at radius 1 is 0.897 bits per heavy atom. The highest BCUT2D eigenvalue weighted by molar-refractivity contribution is 5.41. The molecule has 3 aliphatic carbocycles. The van der Waals surface area contributed by atoms with Crippen LogP contribution in [0.15, 0.2) is 48.5 Å². The maximum Gasteiger partial charge on any atom is 0.120 e. The third-order valence-electron chi connectivity index (χ3n) is 9.68. The van der Waals surface area contributed by atoms with Crippen LogP contribution in [0.3, 0.4) is 0 Å². The summed E-state index contributed by atoms with van der Waals surface area (Å²) in [5.74, 6) is 3.08. The second-order valence-electron chi connectivity index (χ2n) is 11.9. The van der Waals surface area contributed by atoms with Gasteiger partial charge in [-0.15, -0.1) is 0 Å². The largest absolute Gasteiger partial charge is 0.489 e. The summed E-state index contributed by atoms with van der Waals surface area (Å²) in [4.78, 5) is 0. The van der Waals surface area contributed by atoms with Crippen molar-refractivity contribution in [1.29, 1.82) is 0 Å². The molecule has 6 nitrogen and oxygen atoms in total. The van der Waals surface area contributed by atoms with E-state index in [-0.39, 0.29) is 18.1 Å². The molecule has 2 N–H and O–H groups in total. The van der Waals surface area contributed by atoms with Crippen LogP contribution in [0.25, 0.3) is 0 Å². The van der Waals surface area contributed by atoms with Gasteiger partial charge in [0, 0.05) is 6.61 Å². The van der Waals surface area contributed by atoms with E-state index in [0.29, 0.717) is 69.9 Å². The van der Waals surface area contributed by atoms with Crippen molar-refractivity contribution in [2.45, 2.75) is 64.1 Å². The number of aliphatic hydroxyl groups excluding tert-OH is 2. The SMILES string of the molecule is C[C@]12CC[C@@H]3c4ccc(OCc5ccccc5)cc4CC[C@H]3[C@@H]1CC(CCOCCOCCOCCO)C2O. The number of hydrogen-bond acceptors (Lipinski definition) is 6. The maximum atomic E-state index is 11.4. The van der Waals surface area contributed by atoms with Crippen LogP contribution >= 0.6 is 0 Å². The minimum absolute atomic E-state index is 0.0136. The van der Waals surface area contributed by atoms with Gasteiger partial charge in [0.25, 0.3) is 0 Å². The van der Waals surface area contributed by atoms with Crippen LogP contribution in [0.5, 0.6) is 5.75 Å². The number of hydrogen-bond donors (Lipinski definition) is 2. The molecular weight excluding hydrogens is 492 g/mol. The average molecular weight is 539 g/mol. The molecule has 5 rings (SSSR count). The van der Waals surface area contributed by atoms with Gasteiger partial charge in [-0.05, 0) is 96.4 Å².